The number of aryl methyl sites for hydroxylation is 1. The number of ether oxygens (including phenoxy) is 1. The smallest absolute Gasteiger partial charge is 0.252 e. The third kappa shape index (κ3) is 3.48. The number of methoxy groups -OCH3 is 1. The number of hydrogen-bond donors (Lipinski definition) is 1. The minimum atomic E-state index is -3.42. The zero-order chi connectivity index (χ0) is 15.7. The lowest BCUT2D eigenvalue weighted by atomic mass is 9.96. The Labute approximate surface area is 131 Å². The third-order valence-corrected chi connectivity index (χ3v) is 7.58. The summed E-state index contributed by atoms with van der Waals surface area (Å²) in [4.78, 5) is 1.07. The number of nitrogens with zero attached hydrogens (tertiary/aromatic N) is 1. The average Bonchev–Trinajstić information content (AvgIpc) is 2.82. The molecule has 1 aromatic heterocycles. The first-order chi connectivity index (χ1) is 9.82. The fraction of sp³-hybridized carbons (Fsp3) is 0.714. The summed E-state index contributed by atoms with van der Waals surface area (Å²) in [5, 5.41) is 3.07. The van der Waals surface area contributed by atoms with Gasteiger partial charge < -0.3 is 10.1 Å². The van der Waals surface area contributed by atoms with Crippen molar-refractivity contribution in [3.8, 4) is 0 Å². The molecule has 1 N–H and O–H groups in total. The van der Waals surface area contributed by atoms with E-state index >= 15 is 0 Å². The van der Waals surface area contributed by atoms with Crippen LogP contribution in [0.1, 0.15) is 30.2 Å². The van der Waals surface area contributed by atoms with Gasteiger partial charge in [-0.1, -0.05) is 0 Å². The van der Waals surface area contributed by atoms with Crippen molar-refractivity contribution >= 4 is 21.4 Å². The molecule has 7 heteroatoms. The molecule has 0 spiro atoms. The highest BCUT2D eigenvalue weighted by molar-refractivity contribution is 7.91. The van der Waals surface area contributed by atoms with Gasteiger partial charge in [-0.25, -0.2) is 8.42 Å². The molecule has 120 valence electrons. The minimum Gasteiger partial charge on any atom is -0.377 e. The summed E-state index contributed by atoms with van der Waals surface area (Å²) >= 11 is 1.36. The van der Waals surface area contributed by atoms with Crippen molar-refractivity contribution in [2.75, 3.05) is 27.2 Å². The summed E-state index contributed by atoms with van der Waals surface area (Å²) in [6.07, 6.45) is 1.72. The van der Waals surface area contributed by atoms with Crippen molar-refractivity contribution in [2.24, 2.45) is 0 Å². The fourth-order valence-corrected chi connectivity index (χ4v) is 5.96. The van der Waals surface area contributed by atoms with E-state index in [2.05, 4.69) is 5.32 Å². The first-order valence-electron chi connectivity index (χ1n) is 7.11. The van der Waals surface area contributed by atoms with Crippen LogP contribution in [0.3, 0.4) is 0 Å². The van der Waals surface area contributed by atoms with E-state index in [1.807, 2.05) is 20.9 Å². The fourth-order valence-electron chi connectivity index (χ4n) is 2.61. The third-order valence-electron chi connectivity index (χ3n) is 4.05. The molecule has 0 aromatic carbocycles. The first kappa shape index (κ1) is 16.9. The highest BCUT2D eigenvalue weighted by atomic mass is 32.2. The van der Waals surface area contributed by atoms with Crippen LogP contribution in [0, 0.1) is 6.92 Å². The van der Waals surface area contributed by atoms with Crippen LogP contribution in [-0.4, -0.2) is 45.6 Å². The van der Waals surface area contributed by atoms with E-state index in [0.29, 0.717) is 23.8 Å². The summed E-state index contributed by atoms with van der Waals surface area (Å²) in [5.74, 6) is 0. The molecular formula is C14H24N2O3S2. The predicted octanol–water partition coefficient (Wildman–Crippen LogP) is 1.97. The van der Waals surface area contributed by atoms with Gasteiger partial charge in [0.15, 0.2) is 0 Å². The molecular weight excluding hydrogens is 308 g/mol. The van der Waals surface area contributed by atoms with Crippen LogP contribution < -0.4 is 5.32 Å². The zero-order valence-electron chi connectivity index (χ0n) is 13.1. The molecule has 1 unspecified atom stereocenters. The molecule has 1 saturated heterocycles. The second-order valence-corrected chi connectivity index (χ2v) is 9.10. The maximum absolute atomic E-state index is 12.8. The molecule has 1 fully saturated rings. The maximum Gasteiger partial charge on any atom is 0.252 e. The van der Waals surface area contributed by atoms with Gasteiger partial charge in [-0.15, -0.1) is 11.3 Å². The summed E-state index contributed by atoms with van der Waals surface area (Å²) in [6.45, 7) is 5.62. The molecule has 0 saturated carbocycles. The molecule has 0 bridgehead atoms. The molecule has 1 aliphatic heterocycles. The number of sulfonamides is 1. The van der Waals surface area contributed by atoms with Gasteiger partial charge in [0.2, 0.25) is 0 Å². The second-order valence-electron chi connectivity index (χ2n) is 5.80. The number of piperidine rings is 1. The predicted molar refractivity (Wildman–Crippen MR) is 85.2 cm³/mol. The first-order valence-corrected chi connectivity index (χ1v) is 9.37. The second kappa shape index (κ2) is 6.34. The van der Waals surface area contributed by atoms with Crippen LogP contribution in [0.25, 0.3) is 0 Å². The van der Waals surface area contributed by atoms with E-state index < -0.39 is 10.0 Å². The molecule has 1 aromatic rings. The Morgan fingerprint density at radius 2 is 2.24 bits per heavy atom. The van der Waals surface area contributed by atoms with Gasteiger partial charge in [0.25, 0.3) is 10.0 Å². The van der Waals surface area contributed by atoms with E-state index in [9.17, 15) is 8.42 Å². The Hall–Kier alpha value is -0.470. The SMILES string of the molecule is CNCc1sc(S(=O)(=O)N2CCCC(C)(OC)C2)cc1C. The van der Waals surface area contributed by atoms with E-state index in [0.717, 1.165) is 23.3 Å². The quantitative estimate of drug-likeness (QED) is 0.895. The van der Waals surface area contributed by atoms with E-state index in [4.69, 9.17) is 4.74 Å². The number of thiophene rings is 1. The van der Waals surface area contributed by atoms with Crippen molar-refractivity contribution in [2.45, 2.75) is 43.0 Å². The van der Waals surface area contributed by atoms with Gasteiger partial charge >= 0.3 is 0 Å². The molecule has 5 nitrogen and oxygen atoms in total. The van der Waals surface area contributed by atoms with Crippen molar-refractivity contribution in [3.05, 3.63) is 16.5 Å². The number of rotatable bonds is 5. The lowest BCUT2D eigenvalue weighted by Gasteiger charge is -2.38. The van der Waals surface area contributed by atoms with Crippen molar-refractivity contribution < 1.29 is 13.2 Å². The number of nitrogens with one attached hydrogen (secondary N) is 1. The zero-order valence-corrected chi connectivity index (χ0v) is 14.7. The van der Waals surface area contributed by atoms with Crippen molar-refractivity contribution in [1.29, 1.82) is 0 Å². The average molecular weight is 332 g/mol. The van der Waals surface area contributed by atoms with Gasteiger partial charge in [0.1, 0.15) is 4.21 Å². The normalized spacial score (nSPS) is 24.4. The summed E-state index contributed by atoms with van der Waals surface area (Å²) in [5.41, 5.74) is 0.644. The van der Waals surface area contributed by atoms with Gasteiger partial charge in [-0.3, -0.25) is 0 Å². The number of hydrogen-bond acceptors (Lipinski definition) is 5. The Kier molecular flexibility index (Phi) is 5.10. The van der Waals surface area contributed by atoms with Gasteiger partial charge in [0, 0.05) is 31.6 Å². The summed E-state index contributed by atoms with van der Waals surface area (Å²) in [6, 6.07) is 1.78. The summed E-state index contributed by atoms with van der Waals surface area (Å²) in [7, 11) is 0.0933. The molecule has 21 heavy (non-hydrogen) atoms. The maximum atomic E-state index is 12.8. The van der Waals surface area contributed by atoms with Gasteiger partial charge in [-0.05, 0) is 45.4 Å². The minimum absolute atomic E-state index is 0.384. The van der Waals surface area contributed by atoms with E-state index in [1.54, 1.807) is 17.5 Å². The molecule has 0 aliphatic carbocycles. The molecule has 0 radical (unpaired) electrons. The molecule has 0 amide bonds. The van der Waals surface area contributed by atoms with Gasteiger partial charge in [0.05, 0.1) is 5.60 Å². The summed E-state index contributed by atoms with van der Waals surface area (Å²) < 4.78 is 33.1. The Balaban J connectivity index is 2.27. The highest BCUT2D eigenvalue weighted by Crippen LogP contribution is 2.32. The highest BCUT2D eigenvalue weighted by Gasteiger charge is 2.37. The van der Waals surface area contributed by atoms with Crippen LogP contribution >= 0.6 is 11.3 Å². The van der Waals surface area contributed by atoms with Crippen molar-refractivity contribution in [1.82, 2.24) is 9.62 Å². The topological polar surface area (TPSA) is 58.6 Å². The van der Waals surface area contributed by atoms with E-state index in [1.165, 1.54) is 11.3 Å². The van der Waals surface area contributed by atoms with Gasteiger partial charge in [-0.2, -0.15) is 4.31 Å². The lowest BCUT2D eigenvalue weighted by molar-refractivity contribution is -0.0319. The van der Waals surface area contributed by atoms with Crippen LogP contribution in [0.4, 0.5) is 0 Å². The largest absolute Gasteiger partial charge is 0.377 e. The monoisotopic (exact) mass is 332 g/mol. The Morgan fingerprint density at radius 1 is 1.52 bits per heavy atom. The molecule has 2 rings (SSSR count). The molecule has 1 aliphatic rings. The van der Waals surface area contributed by atoms with Crippen LogP contribution in [0.5, 0.6) is 0 Å². The van der Waals surface area contributed by atoms with E-state index in [-0.39, 0.29) is 5.60 Å². The molecule has 1 atom stereocenters. The van der Waals surface area contributed by atoms with Crippen LogP contribution in [-0.2, 0) is 21.3 Å². The van der Waals surface area contributed by atoms with Crippen LogP contribution in [0.2, 0.25) is 0 Å². The Bertz CT molecular complexity index is 597. The molecule has 2 heterocycles. The lowest BCUT2D eigenvalue weighted by Crippen LogP contribution is -2.49. The van der Waals surface area contributed by atoms with Crippen molar-refractivity contribution in [3.63, 3.8) is 0 Å². The Morgan fingerprint density at radius 3 is 2.86 bits per heavy atom. The van der Waals surface area contributed by atoms with Crippen LogP contribution in [0.15, 0.2) is 10.3 Å². The standard InChI is InChI=1S/C14H24N2O3S2/c1-11-8-13(20-12(11)9-15-3)21(17,18)16-7-5-6-14(2,10-16)19-4/h8,15H,5-7,9-10H2,1-4H3.